The molecule has 0 fully saturated rings. The summed E-state index contributed by atoms with van der Waals surface area (Å²) in [4.78, 5) is 34.3. The average Bonchev–Trinajstić information content (AvgIpc) is 3.38. The van der Waals surface area contributed by atoms with Gasteiger partial charge in [0.1, 0.15) is 18.3 Å². The first-order valence-electron chi connectivity index (χ1n) is 12.0. The van der Waals surface area contributed by atoms with Crippen LogP contribution in [0.5, 0.6) is 17.4 Å². The lowest BCUT2D eigenvalue weighted by Crippen LogP contribution is -2.50. The normalized spacial score (nSPS) is 19.1. The Balaban J connectivity index is 1.61. The summed E-state index contributed by atoms with van der Waals surface area (Å²) < 4.78 is 22.0. The van der Waals surface area contributed by atoms with Gasteiger partial charge in [0.25, 0.3) is 11.8 Å². The largest absolute Gasteiger partial charge is 0.472 e. The van der Waals surface area contributed by atoms with Crippen molar-refractivity contribution in [1.82, 2.24) is 14.8 Å². The Morgan fingerprint density at radius 2 is 2.11 bits per heavy atom. The Hall–Kier alpha value is -3.81. The third kappa shape index (κ3) is 5.79. The Bertz CT molecular complexity index is 1220. The van der Waals surface area contributed by atoms with Crippen molar-refractivity contribution in [1.29, 1.82) is 0 Å². The number of nitrogens with zero attached hydrogens (tertiary/aromatic N) is 3. The van der Waals surface area contributed by atoms with E-state index in [9.17, 15) is 14.7 Å². The van der Waals surface area contributed by atoms with Crippen molar-refractivity contribution in [3.63, 3.8) is 0 Å². The zero-order chi connectivity index (χ0) is 26.5. The molecule has 1 aromatic carbocycles. The molecule has 2 aromatic rings. The van der Waals surface area contributed by atoms with Gasteiger partial charge in [-0.3, -0.25) is 9.59 Å². The molecular formula is C27H31N3O7. The predicted molar refractivity (Wildman–Crippen MR) is 134 cm³/mol. The number of hydrogen-bond acceptors (Lipinski definition) is 8. The van der Waals surface area contributed by atoms with Crippen LogP contribution < -0.4 is 14.2 Å². The van der Waals surface area contributed by atoms with E-state index < -0.39 is 12.1 Å². The van der Waals surface area contributed by atoms with E-state index in [0.29, 0.717) is 29.2 Å². The van der Waals surface area contributed by atoms with Crippen molar-refractivity contribution < 1.29 is 33.6 Å². The molecule has 37 heavy (non-hydrogen) atoms. The minimum absolute atomic E-state index is 0.129. The summed E-state index contributed by atoms with van der Waals surface area (Å²) in [6, 6.07) is 6.29. The molecule has 2 amide bonds. The van der Waals surface area contributed by atoms with Crippen molar-refractivity contribution in [2.75, 3.05) is 47.3 Å². The van der Waals surface area contributed by atoms with Gasteiger partial charge < -0.3 is 33.9 Å². The topological polar surface area (TPSA) is 111 Å². The number of fused-ring (bicyclic) bond motifs is 2. The molecule has 0 radical (unpaired) electrons. The minimum atomic E-state index is -0.471. The summed E-state index contributed by atoms with van der Waals surface area (Å²) in [6.45, 7) is 4.50. The standard InChI is InChI=1S/C27H31N3O7/c1-17-13-30(18(2)15-31)27(33)21-10-19(6-5-9-34-4)12-28-25(21)37-24(17)14-29(3)26(32)20-7-8-22-23(11-20)36-16-35-22/h7-8,10-12,17-18,24,31H,9,13-16H2,1-4H3/t17-,18-,24-/m0/s1. The van der Waals surface area contributed by atoms with Gasteiger partial charge in [-0.25, -0.2) is 4.98 Å². The number of methoxy groups -OCH3 is 1. The fourth-order valence-corrected chi connectivity index (χ4v) is 4.20. The first kappa shape index (κ1) is 26.3. The third-order valence-corrected chi connectivity index (χ3v) is 6.39. The van der Waals surface area contributed by atoms with E-state index in [4.69, 9.17) is 18.9 Å². The highest BCUT2D eigenvalue weighted by atomic mass is 16.7. The Morgan fingerprint density at radius 1 is 1.32 bits per heavy atom. The molecule has 196 valence electrons. The molecule has 10 nitrogen and oxygen atoms in total. The van der Waals surface area contributed by atoms with E-state index >= 15 is 0 Å². The highest BCUT2D eigenvalue weighted by Crippen LogP contribution is 2.33. The van der Waals surface area contributed by atoms with Crippen molar-refractivity contribution in [2.45, 2.75) is 26.0 Å². The molecule has 1 N–H and O–H groups in total. The first-order chi connectivity index (χ1) is 17.8. The van der Waals surface area contributed by atoms with Gasteiger partial charge in [0.05, 0.1) is 19.2 Å². The second kappa shape index (κ2) is 11.5. The highest BCUT2D eigenvalue weighted by molar-refractivity contribution is 5.97. The molecule has 0 bridgehead atoms. The Kier molecular flexibility index (Phi) is 8.16. The van der Waals surface area contributed by atoms with E-state index in [2.05, 4.69) is 16.8 Å². The molecular weight excluding hydrogens is 478 g/mol. The monoisotopic (exact) mass is 509 g/mol. The zero-order valence-corrected chi connectivity index (χ0v) is 21.4. The third-order valence-electron chi connectivity index (χ3n) is 6.39. The number of rotatable bonds is 6. The molecule has 3 atom stereocenters. The number of aromatic nitrogens is 1. The van der Waals surface area contributed by atoms with E-state index in [1.165, 1.54) is 0 Å². The van der Waals surface area contributed by atoms with Gasteiger partial charge in [-0.15, -0.1) is 0 Å². The maximum absolute atomic E-state index is 13.5. The van der Waals surface area contributed by atoms with E-state index in [1.54, 1.807) is 61.3 Å². The second-order valence-electron chi connectivity index (χ2n) is 9.19. The van der Waals surface area contributed by atoms with E-state index in [1.807, 2.05) is 6.92 Å². The van der Waals surface area contributed by atoms with E-state index in [0.717, 1.165) is 0 Å². The van der Waals surface area contributed by atoms with Gasteiger partial charge in [-0.2, -0.15) is 0 Å². The summed E-state index contributed by atoms with van der Waals surface area (Å²) in [6.07, 6.45) is 1.07. The van der Waals surface area contributed by atoms with Gasteiger partial charge in [-0.1, -0.05) is 18.8 Å². The fourth-order valence-electron chi connectivity index (χ4n) is 4.20. The quantitative estimate of drug-likeness (QED) is 0.587. The van der Waals surface area contributed by atoms with Crippen LogP contribution in [0, 0.1) is 17.8 Å². The summed E-state index contributed by atoms with van der Waals surface area (Å²) in [5, 5.41) is 9.83. The van der Waals surface area contributed by atoms with Crippen LogP contribution in [0.1, 0.15) is 40.1 Å². The van der Waals surface area contributed by atoms with Crippen molar-refractivity contribution in [2.24, 2.45) is 5.92 Å². The van der Waals surface area contributed by atoms with Crippen LogP contribution in [-0.2, 0) is 4.74 Å². The Morgan fingerprint density at radius 3 is 2.86 bits per heavy atom. The second-order valence-corrected chi connectivity index (χ2v) is 9.19. The van der Waals surface area contributed by atoms with Crippen molar-refractivity contribution >= 4 is 11.8 Å². The molecule has 2 aliphatic rings. The number of amides is 2. The van der Waals surface area contributed by atoms with Crippen LogP contribution in [0.2, 0.25) is 0 Å². The smallest absolute Gasteiger partial charge is 0.259 e. The van der Waals surface area contributed by atoms with Crippen LogP contribution in [0.25, 0.3) is 0 Å². The molecule has 1 aromatic heterocycles. The number of carbonyl (C=O) groups excluding carboxylic acids is 2. The lowest BCUT2D eigenvalue weighted by molar-refractivity contribution is 0.0313. The van der Waals surface area contributed by atoms with Gasteiger partial charge in [0, 0.05) is 43.9 Å². The average molecular weight is 510 g/mol. The summed E-state index contributed by atoms with van der Waals surface area (Å²) in [5.41, 5.74) is 1.27. The number of carbonyl (C=O) groups is 2. The Labute approximate surface area is 216 Å². The number of likely N-dealkylation sites (N-methyl/N-ethyl adjacent to an activating group) is 1. The van der Waals surface area contributed by atoms with Gasteiger partial charge in [-0.05, 0) is 31.2 Å². The minimum Gasteiger partial charge on any atom is -0.472 e. The van der Waals surface area contributed by atoms with Gasteiger partial charge in [0.15, 0.2) is 11.5 Å². The van der Waals surface area contributed by atoms with Crippen LogP contribution >= 0.6 is 0 Å². The summed E-state index contributed by atoms with van der Waals surface area (Å²) in [5.74, 6) is 6.42. The molecule has 4 rings (SSSR count). The SMILES string of the molecule is COCC#Cc1cnc2c(c1)C(=O)N([C@@H](C)CO)C[C@H](C)[C@H](CN(C)C(=O)c1ccc3c(c1)OCO3)O2. The molecule has 0 aliphatic carbocycles. The number of pyridine rings is 1. The molecule has 0 unspecified atom stereocenters. The summed E-state index contributed by atoms with van der Waals surface area (Å²) in [7, 11) is 3.25. The highest BCUT2D eigenvalue weighted by Gasteiger charge is 2.35. The molecule has 0 saturated heterocycles. The predicted octanol–water partition coefficient (Wildman–Crippen LogP) is 1.80. The number of ether oxygens (including phenoxy) is 4. The van der Waals surface area contributed by atoms with Crippen LogP contribution in [0.15, 0.2) is 30.5 Å². The molecule has 3 heterocycles. The van der Waals surface area contributed by atoms with Gasteiger partial charge >= 0.3 is 0 Å². The fraction of sp³-hybridized carbons (Fsp3) is 0.444. The zero-order valence-electron chi connectivity index (χ0n) is 21.4. The van der Waals surface area contributed by atoms with Crippen LogP contribution in [-0.4, -0.2) is 91.1 Å². The van der Waals surface area contributed by atoms with E-state index in [-0.39, 0.29) is 55.7 Å². The summed E-state index contributed by atoms with van der Waals surface area (Å²) >= 11 is 0. The lowest BCUT2D eigenvalue weighted by atomic mass is 9.99. The number of benzene rings is 1. The number of aliphatic hydroxyl groups is 1. The maximum Gasteiger partial charge on any atom is 0.259 e. The lowest BCUT2D eigenvalue weighted by Gasteiger charge is -2.37. The number of aliphatic hydroxyl groups excluding tert-OH is 1. The maximum atomic E-state index is 13.5. The van der Waals surface area contributed by atoms with Crippen LogP contribution in [0.3, 0.4) is 0 Å². The van der Waals surface area contributed by atoms with Crippen molar-refractivity contribution in [3.05, 3.63) is 47.2 Å². The van der Waals surface area contributed by atoms with Crippen LogP contribution in [0.4, 0.5) is 0 Å². The number of hydrogen-bond donors (Lipinski definition) is 1. The molecule has 0 saturated carbocycles. The molecule has 2 aliphatic heterocycles. The van der Waals surface area contributed by atoms with Crippen molar-refractivity contribution in [3.8, 4) is 29.2 Å². The molecule has 0 spiro atoms. The van der Waals surface area contributed by atoms with Gasteiger partial charge in [0.2, 0.25) is 12.7 Å². The molecule has 10 heteroatoms. The first-order valence-corrected chi connectivity index (χ1v) is 12.0.